The summed E-state index contributed by atoms with van der Waals surface area (Å²) >= 11 is 0. The van der Waals surface area contributed by atoms with Gasteiger partial charge < -0.3 is 26.2 Å². The van der Waals surface area contributed by atoms with Crippen molar-refractivity contribution >= 4 is 29.3 Å². The van der Waals surface area contributed by atoms with Crippen molar-refractivity contribution < 1.29 is 34.8 Å². The first kappa shape index (κ1) is 23.2. The van der Waals surface area contributed by atoms with E-state index in [1.165, 1.54) is 37.2 Å². The van der Waals surface area contributed by atoms with Gasteiger partial charge in [-0.25, -0.2) is 0 Å². The standard InChI is InChI=1S/C24H23N3O7/c1-27(2)18-13-9-11-8-12-10(4-3-7-25)5-6-14(28)16(12)19(29)15(11)21(31)24(13,34)22(32)17(20(18)30)23(26)33/h3-6,11,13,18,28-29,32,34H,8-9H2,1-2H3,(H2,26,33)/t11-,13+,18+,24+/m0/s1. The molecule has 3 aliphatic rings. The molecule has 0 aromatic heterocycles. The third-order valence-electron chi connectivity index (χ3n) is 6.98. The predicted molar refractivity (Wildman–Crippen MR) is 119 cm³/mol. The molecule has 0 aliphatic heterocycles. The van der Waals surface area contributed by atoms with Crippen LogP contribution in [-0.2, 0) is 20.8 Å². The van der Waals surface area contributed by atoms with Crippen LogP contribution in [0.2, 0.25) is 0 Å². The van der Waals surface area contributed by atoms with E-state index in [0.717, 1.165) is 0 Å². The van der Waals surface area contributed by atoms with E-state index < -0.39 is 58.0 Å². The molecule has 4 rings (SSSR count). The molecule has 0 saturated heterocycles. The van der Waals surface area contributed by atoms with E-state index in [1.807, 2.05) is 6.07 Å². The summed E-state index contributed by atoms with van der Waals surface area (Å²) in [7, 11) is 3.08. The van der Waals surface area contributed by atoms with Crippen molar-refractivity contribution in [3.05, 3.63) is 51.8 Å². The maximum Gasteiger partial charge on any atom is 0.255 e. The molecule has 10 nitrogen and oxygen atoms in total. The lowest BCUT2D eigenvalue weighted by Crippen LogP contribution is -2.65. The molecule has 0 heterocycles. The van der Waals surface area contributed by atoms with Crippen LogP contribution in [0.3, 0.4) is 0 Å². The lowest BCUT2D eigenvalue weighted by molar-refractivity contribution is -0.153. The number of rotatable bonds is 3. The molecule has 1 aromatic rings. The molecule has 10 heteroatoms. The van der Waals surface area contributed by atoms with Crippen molar-refractivity contribution in [3.8, 4) is 11.8 Å². The number of hydrogen-bond donors (Lipinski definition) is 5. The van der Waals surface area contributed by atoms with Crippen molar-refractivity contribution in [2.45, 2.75) is 24.5 Å². The van der Waals surface area contributed by atoms with Gasteiger partial charge in [0.25, 0.3) is 5.91 Å². The number of likely N-dealkylation sites (N-methyl/N-ethyl adjacent to an activating group) is 1. The van der Waals surface area contributed by atoms with Gasteiger partial charge in [-0.1, -0.05) is 6.07 Å². The molecule has 1 aromatic carbocycles. The van der Waals surface area contributed by atoms with Crippen molar-refractivity contribution in [2.24, 2.45) is 17.6 Å². The molecule has 0 radical (unpaired) electrons. The SMILES string of the molecule is CN(C)[C@H]1C(=O)C(C(N)=O)=C(O)[C@]2(O)C(=O)C3=C(O)c4c(O)ccc(C=CC#N)c4C[C@H]3C[C@H]12. The second-order valence-electron chi connectivity index (χ2n) is 8.95. The van der Waals surface area contributed by atoms with Gasteiger partial charge in [0.15, 0.2) is 11.4 Å². The molecule has 34 heavy (non-hydrogen) atoms. The largest absolute Gasteiger partial charge is 0.508 e. The van der Waals surface area contributed by atoms with Gasteiger partial charge in [0.05, 0.1) is 17.7 Å². The van der Waals surface area contributed by atoms with E-state index in [0.29, 0.717) is 11.1 Å². The third-order valence-corrected chi connectivity index (χ3v) is 6.98. The van der Waals surface area contributed by atoms with Crippen LogP contribution in [-0.4, -0.2) is 68.5 Å². The number of primary amides is 1. The zero-order valence-electron chi connectivity index (χ0n) is 18.4. The van der Waals surface area contributed by atoms with Crippen LogP contribution in [0, 0.1) is 23.2 Å². The van der Waals surface area contributed by atoms with E-state index in [2.05, 4.69) is 0 Å². The quantitative estimate of drug-likeness (QED) is 0.313. The zero-order valence-corrected chi connectivity index (χ0v) is 18.4. The van der Waals surface area contributed by atoms with Gasteiger partial charge in [0.1, 0.15) is 22.8 Å². The molecule has 1 amide bonds. The van der Waals surface area contributed by atoms with E-state index >= 15 is 0 Å². The summed E-state index contributed by atoms with van der Waals surface area (Å²) in [5.41, 5.74) is 2.58. The Morgan fingerprint density at radius 3 is 2.53 bits per heavy atom. The minimum absolute atomic E-state index is 0.00280. The van der Waals surface area contributed by atoms with Crippen LogP contribution < -0.4 is 5.73 Å². The van der Waals surface area contributed by atoms with Crippen LogP contribution in [0.15, 0.2) is 35.1 Å². The number of aliphatic hydroxyl groups excluding tert-OH is 2. The minimum atomic E-state index is -2.67. The zero-order chi connectivity index (χ0) is 25.1. The highest BCUT2D eigenvalue weighted by Gasteiger charge is 2.64. The lowest BCUT2D eigenvalue weighted by atomic mass is 9.57. The first-order valence-electron chi connectivity index (χ1n) is 10.5. The van der Waals surface area contributed by atoms with Crippen LogP contribution in [0.4, 0.5) is 0 Å². The number of aromatic hydroxyl groups is 1. The number of nitriles is 1. The first-order chi connectivity index (χ1) is 16.0. The molecule has 0 unspecified atom stereocenters. The van der Waals surface area contributed by atoms with Gasteiger partial charge in [-0.15, -0.1) is 0 Å². The van der Waals surface area contributed by atoms with Crippen LogP contribution in [0.25, 0.3) is 11.8 Å². The molecule has 6 N–H and O–H groups in total. The maximum atomic E-state index is 13.7. The van der Waals surface area contributed by atoms with E-state index in [9.17, 15) is 34.8 Å². The summed E-state index contributed by atoms with van der Waals surface area (Å²) in [5, 5.41) is 52.7. The van der Waals surface area contributed by atoms with Crippen molar-refractivity contribution in [3.63, 3.8) is 0 Å². The van der Waals surface area contributed by atoms with Crippen molar-refractivity contribution in [1.82, 2.24) is 4.90 Å². The second-order valence-corrected chi connectivity index (χ2v) is 8.95. The van der Waals surface area contributed by atoms with E-state index in [4.69, 9.17) is 11.0 Å². The molecule has 176 valence electrons. The third kappa shape index (κ3) is 2.98. The number of allylic oxidation sites excluding steroid dienone is 1. The number of amides is 1. The molecular weight excluding hydrogens is 442 g/mol. The number of carbonyl (C=O) groups is 3. The molecule has 1 saturated carbocycles. The average Bonchev–Trinajstić information content (AvgIpc) is 2.75. The number of fused-ring (bicyclic) bond motifs is 3. The number of aliphatic hydroxyl groups is 3. The highest BCUT2D eigenvalue weighted by atomic mass is 16.3. The highest BCUT2D eigenvalue weighted by molar-refractivity contribution is 6.24. The summed E-state index contributed by atoms with van der Waals surface area (Å²) in [5.74, 6) is -6.96. The summed E-state index contributed by atoms with van der Waals surface area (Å²) in [6, 6.07) is 3.62. The smallest absolute Gasteiger partial charge is 0.255 e. The van der Waals surface area contributed by atoms with Gasteiger partial charge in [0, 0.05) is 17.6 Å². The number of nitrogens with zero attached hydrogens (tertiary/aromatic N) is 2. The first-order valence-corrected chi connectivity index (χ1v) is 10.5. The number of nitrogens with two attached hydrogens (primary N) is 1. The summed E-state index contributed by atoms with van der Waals surface area (Å²) < 4.78 is 0. The monoisotopic (exact) mass is 465 g/mol. The molecule has 0 spiro atoms. The Balaban J connectivity index is 1.98. The number of Topliss-reactive ketones (excluding diaryl/α,β-unsaturated/α-hetero) is 2. The van der Waals surface area contributed by atoms with Gasteiger partial charge in [-0.05, 0) is 56.1 Å². The second kappa shape index (κ2) is 7.83. The fourth-order valence-corrected chi connectivity index (χ4v) is 5.55. The number of benzene rings is 1. The number of ketones is 2. The fraction of sp³-hybridized carbons (Fsp3) is 0.333. The maximum absolute atomic E-state index is 13.7. The Hall–Kier alpha value is -3.94. The van der Waals surface area contributed by atoms with Gasteiger partial charge in [0.2, 0.25) is 5.78 Å². The summed E-state index contributed by atoms with van der Waals surface area (Å²) in [6.07, 6.45) is 2.92. The predicted octanol–water partition coefficient (Wildman–Crippen LogP) is 0.501. The Morgan fingerprint density at radius 1 is 1.26 bits per heavy atom. The fourth-order valence-electron chi connectivity index (χ4n) is 5.55. The Kier molecular flexibility index (Phi) is 5.35. The summed E-state index contributed by atoms with van der Waals surface area (Å²) in [6.45, 7) is 0. The summed E-state index contributed by atoms with van der Waals surface area (Å²) in [4.78, 5) is 40.1. The van der Waals surface area contributed by atoms with Crippen LogP contribution in [0.5, 0.6) is 5.75 Å². The number of carbonyl (C=O) groups excluding carboxylic acids is 3. The Labute approximate surface area is 194 Å². The molecular formula is C24H23N3O7. The van der Waals surface area contributed by atoms with E-state index in [-0.39, 0.29) is 29.7 Å². The number of phenolic OH excluding ortho intramolecular Hbond substituents is 1. The Morgan fingerprint density at radius 2 is 1.94 bits per heavy atom. The van der Waals surface area contributed by atoms with Gasteiger partial charge in [-0.3, -0.25) is 19.3 Å². The lowest BCUT2D eigenvalue weighted by Gasteiger charge is -2.50. The molecule has 0 bridgehead atoms. The molecule has 4 atom stereocenters. The van der Waals surface area contributed by atoms with Crippen molar-refractivity contribution in [1.29, 1.82) is 5.26 Å². The normalized spacial score (nSPS) is 28.6. The molecule has 3 aliphatic carbocycles. The van der Waals surface area contributed by atoms with Crippen LogP contribution in [0.1, 0.15) is 23.1 Å². The van der Waals surface area contributed by atoms with Gasteiger partial charge >= 0.3 is 0 Å². The minimum Gasteiger partial charge on any atom is -0.508 e. The van der Waals surface area contributed by atoms with Crippen LogP contribution >= 0.6 is 0 Å². The van der Waals surface area contributed by atoms with Crippen molar-refractivity contribution in [2.75, 3.05) is 14.1 Å². The van der Waals surface area contributed by atoms with Gasteiger partial charge in [-0.2, -0.15) is 5.26 Å². The molecule has 1 fully saturated rings. The number of hydrogen-bond acceptors (Lipinski definition) is 9. The Bertz CT molecular complexity index is 1280. The topological polar surface area (TPSA) is 185 Å². The number of phenols is 1. The highest BCUT2D eigenvalue weighted by Crippen LogP contribution is 2.52. The van der Waals surface area contributed by atoms with E-state index in [1.54, 1.807) is 6.07 Å². The average molecular weight is 465 g/mol.